The number of ether oxygens (including phenoxy) is 4. The number of aliphatic hydroxyl groups excluding tert-OH is 1. The zero-order chi connectivity index (χ0) is 29.4. The second kappa shape index (κ2) is 9.48. The number of Topliss-reactive ketones (excluding diaryl/α,β-unsaturated/α-hetero) is 1. The largest absolute Gasteiger partial charge is 0.455 e. The Labute approximate surface area is 234 Å². The van der Waals surface area contributed by atoms with Gasteiger partial charge in [-0.2, -0.15) is 0 Å². The Bertz CT molecular complexity index is 1250. The zero-order valence-electron chi connectivity index (χ0n) is 24.2. The Kier molecular flexibility index (Phi) is 6.85. The number of rotatable bonds is 4. The Hall–Kier alpha value is -2.59. The first-order valence-corrected chi connectivity index (χ1v) is 13.9. The fraction of sp³-hybridized carbons (Fsp3) is 0.645. The molecule has 0 unspecified atom stereocenters. The van der Waals surface area contributed by atoms with E-state index in [1.54, 1.807) is 51.3 Å². The smallest absolute Gasteiger partial charge is 0.338 e. The normalized spacial score (nSPS) is 42.0. The van der Waals surface area contributed by atoms with Crippen molar-refractivity contribution < 1.29 is 43.5 Å². The fourth-order valence-electron chi connectivity index (χ4n) is 8.40. The molecule has 1 heterocycles. The van der Waals surface area contributed by atoms with Gasteiger partial charge in [0.2, 0.25) is 0 Å². The van der Waals surface area contributed by atoms with Crippen LogP contribution in [0.2, 0.25) is 0 Å². The standard InChI is InChI=1S/C31H40O9/c1-16-20(37-7)14-31(36)26(39-27(35)19-11-9-8-10-12-19)24-29(6,25(34)17(2)23(16)28(31,4)5)21(33)13-22-30(24,15-38-22)40-18(3)32/h8-12,17,20-22,24,26,33,36H,13-15H2,1-7H3/t17-,20+,21+,22-,24+,26+,29-,30+,31-/m1/s1. The van der Waals surface area contributed by atoms with Crippen molar-refractivity contribution in [1.29, 1.82) is 0 Å². The number of aliphatic hydroxyl groups is 2. The van der Waals surface area contributed by atoms with Gasteiger partial charge in [-0.3, -0.25) is 9.59 Å². The first kappa shape index (κ1) is 28.9. The molecule has 0 spiro atoms. The topological polar surface area (TPSA) is 129 Å². The molecule has 9 atom stereocenters. The van der Waals surface area contributed by atoms with Crippen LogP contribution in [0.1, 0.15) is 64.7 Å². The van der Waals surface area contributed by atoms with Gasteiger partial charge < -0.3 is 29.2 Å². The lowest BCUT2D eigenvalue weighted by Gasteiger charge is -2.67. The summed E-state index contributed by atoms with van der Waals surface area (Å²) in [4.78, 5) is 40.9. The van der Waals surface area contributed by atoms with Crippen LogP contribution in [0.3, 0.4) is 0 Å². The summed E-state index contributed by atoms with van der Waals surface area (Å²) in [7, 11) is 1.54. The third-order valence-corrected chi connectivity index (χ3v) is 10.5. The van der Waals surface area contributed by atoms with Gasteiger partial charge in [-0.1, -0.05) is 39.0 Å². The van der Waals surface area contributed by atoms with Gasteiger partial charge in [0.1, 0.15) is 23.6 Å². The number of carbonyl (C=O) groups excluding carboxylic acids is 3. The molecule has 2 N–H and O–H groups in total. The predicted octanol–water partition coefficient (Wildman–Crippen LogP) is 3.01. The summed E-state index contributed by atoms with van der Waals surface area (Å²) in [6.07, 6.45) is -3.77. The quantitative estimate of drug-likeness (QED) is 0.425. The van der Waals surface area contributed by atoms with Crippen molar-refractivity contribution in [3.63, 3.8) is 0 Å². The molecular weight excluding hydrogens is 516 g/mol. The number of hydrogen-bond acceptors (Lipinski definition) is 9. The summed E-state index contributed by atoms with van der Waals surface area (Å²) in [6, 6.07) is 8.39. The number of hydrogen-bond donors (Lipinski definition) is 2. The van der Waals surface area contributed by atoms with Crippen molar-refractivity contribution in [1.82, 2.24) is 0 Å². The molecule has 5 rings (SSSR count). The van der Waals surface area contributed by atoms with E-state index in [1.165, 1.54) is 6.92 Å². The molecule has 1 aromatic carbocycles. The van der Waals surface area contributed by atoms with Crippen LogP contribution in [-0.2, 0) is 28.5 Å². The van der Waals surface area contributed by atoms with Crippen LogP contribution >= 0.6 is 0 Å². The Morgan fingerprint density at radius 3 is 2.33 bits per heavy atom. The first-order valence-electron chi connectivity index (χ1n) is 13.9. The number of esters is 2. The maximum atomic E-state index is 14.7. The molecule has 0 amide bonds. The van der Waals surface area contributed by atoms with Gasteiger partial charge in [0.15, 0.2) is 5.60 Å². The highest BCUT2D eigenvalue weighted by atomic mass is 16.6. The number of benzene rings is 1. The van der Waals surface area contributed by atoms with E-state index in [1.807, 2.05) is 20.8 Å². The molecule has 1 aliphatic heterocycles. The molecule has 1 aromatic rings. The second-order valence-corrected chi connectivity index (χ2v) is 12.7. The van der Waals surface area contributed by atoms with Gasteiger partial charge in [0, 0.05) is 38.2 Å². The van der Waals surface area contributed by atoms with Crippen LogP contribution < -0.4 is 0 Å². The van der Waals surface area contributed by atoms with Gasteiger partial charge in [-0.05, 0) is 37.1 Å². The molecule has 3 aliphatic carbocycles. The molecule has 3 fully saturated rings. The molecule has 218 valence electrons. The molecule has 0 aromatic heterocycles. The van der Waals surface area contributed by atoms with E-state index in [2.05, 4.69) is 0 Å². The third-order valence-electron chi connectivity index (χ3n) is 10.5. The zero-order valence-corrected chi connectivity index (χ0v) is 24.2. The van der Waals surface area contributed by atoms with Gasteiger partial charge in [0.25, 0.3) is 0 Å². The van der Waals surface area contributed by atoms with Crippen LogP contribution in [0.15, 0.2) is 41.5 Å². The Balaban J connectivity index is 1.82. The van der Waals surface area contributed by atoms with Crippen LogP contribution in [0.25, 0.3) is 0 Å². The average Bonchev–Trinajstić information content (AvgIpc) is 2.90. The second-order valence-electron chi connectivity index (χ2n) is 12.7. The minimum absolute atomic E-state index is 0.0542. The van der Waals surface area contributed by atoms with Crippen molar-refractivity contribution in [2.45, 2.75) is 90.0 Å². The number of methoxy groups -OCH3 is 1. The van der Waals surface area contributed by atoms with E-state index in [0.717, 1.165) is 5.57 Å². The Morgan fingerprint density at radius 2 is 1.77 bits per heavy atom. The molecule has 9 heteroatoms. The lowest BCUT2D eigenvalue weighted by molar-refractivity contribution is -0.345. The summed E-state index contributed by atoms with van der Waals surface area (Å²) < 4.78 is 24.0. The van der Waals surface area contributed by atoms with Gasteiger partial charge in [0.05, 0.1) is 35.7 Å². The summed E-state index contributed by atoms with van der Waals surface area (Å²) in [5.41, 5.74) is -4.01. The summed E-state index contributed by atoms with van der Waals surface area (Å²) in [5, 5.41) is 24.6. The van der Waals surface area contributed by atoms with Crippen LogP contribution in [-0.4, -0.2) is 77.3 Å². The van der Waals surface area contributed by atoms with E-state index >= 15 is 0 Å². The SMILES string of the molecule is CO[C@H]1C[C@@]2(O)[C@@H](OC(=O)c3ccccc3)[C@@H]3[C@]4(OC(C)=O)CO[C@@H]4C[C@H](O)[C@@]3(C)C(=O)[C@H](C)C(=C1C)C2(C)C. The number of ketones is 1. The average molecular weight is 557 g/mol. The highest BCUT2D eigenvalue weighted by Crippen LogP contribution is 2.64. The van der Waals surface area contributed by atoms with E-state index in [0.29, 0.717) is 5.57 Å². The fourth-order valence-corrected chi connectivity index (χ4v) is 8.40. The minimum atomic E-state index is -1.78. The lowest BCUT2D eigenvalue weighted by Crippen LogP contribution is -2.81. The Morgan fingerprint density at radius 1 is 1.12 bits per heavy atom. The van der Waals surface area contributed by atoms with E-state index in [9.17, 15) is 24.6 Å². The molecule has 2 saturated carbocycles. The third kappa shape index (κ3) is 3.70. The molecule has 9 nitrogen and oxygen atoms in total. The van der Waals surface area contributed by atoms with Crippen molar-refractivity contribution in [2.75, 3.05) is 13.7 Å². The van der Waals surface area contributed by atoms with E-state index in [4.69, 9.17) is 18.9 Å². The van der Waals surface area contributed by atoms with E-state index in [-0.39, 0.29) is 30.8 Å². The van der Waals surface area contributed by atoms with Gasteiger partial charge in [-0.15, -0.1) is 0 Å². The van der Waals surface area contributed by atoms with Crippen molar-refractivity contribution in [3.8, 4) is 0 Å². The summed E-state index contributed by atoms with van der Waals surface area (Å²) >= 11 is 0. The molecule has 1 saturated heterocycles. The summed E-state index contributed by atoms with van der Waals surface area (Å²) in [6.45, 7) is 10.2. The monoisotopic (exact) mass is 556 g/mol. The maximum Gasteiger partial charge on any atom is 0.338 e. The van der Waals surface area contributed by atoms with Crippen LogP contribution in [0.5, 0.6) is 0 Å². The van der Waals surface area contributed by atoms with Gasteiger partial charge in [-0.25, -0.2) is 4.79 Å². The molecule has 2 bridgehead atoms. The number of carbonyl (C=O) groups is 3. The van der Waals surface area contributed by atoms with Crippen molar-refractivity contribution in [3.05, 3.63) is 47.0 Å². The van der Waals surface area contributed by atoms with Crippen LogP contribution in [0, 0.1) is 22.7 Å². The minimum Gasteiger partial charge on any atom is -0.455 e. The highest BCUT2D eigenvalue weighted by molar-refractivity contribution is 5.92. The molecular formula is C31H40O9. The predicted molar refractivity (Wildman–Crippen MR) is 143 cm³/mol. The molecule has 4 aliphatic rings. The molecule has 40 heavy (non-hydrogen) atoms. The van der Waals surface area contributed by atoms with E-state index < -0.39 is 70.2 Å². The number of fused-ring (bicyclic) bond motifs is 5. The van der Waals surface area contributed by atoms with Gasteiger partial charge >= 0.3 is 11.9 Å². The van der Waals surface area contributed by atoms with Crippen molar-refractivity contribution >= 4 is 17.7 Å². The maximum absolute atomic E-state index is 14.7. The molecule has 0 radical (unpaired) electrons. The summed E-state index contributed by atoms with van der Waals surface area (Å²) in [5.74, 6) is -3.39. The highest BCUT2D eigenvalue weighted by Gasteiger charge is 2.77. The van der Waals surface area contributed by atoms with Crippen LogP contribution in [0.4, 0.5) is 0 Å². The first-order chi connectivity index (χ1) is 18.7. The lowest BCUT2D eigenvalue weighted by atomic mass is 9.43. The van der Waals surface area contributed by atoms with Crippen molar-refractivity contribution in [2.24, 2.45) is 22.7 Å².